The van der Waals surface area contributed by atoms with Crippen LogP contribution in [-0.4, -0.2) is 4.98 Å². The van der Waals surface area contributed by atoms with Crippen molar-refractivity contribution in [2.45, 2.75) is 0 Å². The molecule has 0 aliphatic rings. The third kappa shape index (κ3) is 2.39. The third-order valence-corrected chi connectivity index (χ3v) is 4.18. The molecule has 22 heavy (non-hydrogen) atoms. The maximum Gasteiger partial charge on any atom is 0.268 e. The topological polar surface area (TPSA) is 106 Å². The highest BCUT2D eigenvalue weighted by Crippen LogP contribution is 2.39. The Balaban J connectivity index is 3.10. The van der Waals surface area contributed by atoms with E-state index in [1.807, 2.05) is 0 Å². The van der Waals surface area contributed by atoms with Gasteiger partial charge in [-0.05, 0) is 37.9 Å². The lowest BCUT2D eigenvalue weighted by Crippen LogP contribution is -2.17. The molecule has 0 bridgehead atoms. The minimum atomic E-state index is -1.06. The first-order valence-electron chi connectivity index (χ1n) is 5.52. The molecular formula is C13H4Br2F2N4O. The molecule has 2 aromatic rings. The Kier molecular flexibility index (Phi) is 4.31. The van der Waals surface area contributed by atoms with E-state index in [0.717, 1.165) is 6.07 Å². The predicted molar refractivity (Wildman–Crippen MR) is 81.7 cm³/mol. The van der Waals surface area contributed by atoms with Crippen LogP contribution < -0.4 is 11.3 Å². The van der Waals surface area contributed by atoms with E-state index >= 15 is 0 Å². The van der Waals surface area contributed by atoms with E-state index < -0.39 is 27.2 Å². The number of nitrogen functional groups attached to an aromatic ring is 1. The van der Waals surface area contributed by atoms with E-state index in [9.17, 15) is 18.8 Å². The number of aromatic amines is 1. The Hall–Kier alpha value is -2.23. The average molecular weight is 430 g/mol. The number of hydrogen-bond donors (Lipinski definition) is 2. The fourth-order valence-corrected chi connectivity index (χ4v) is 2.77. The number of hydrogen-bond acceptors (Lipinski definition) is 4. The predicted octanol–water partition coefficient (Wildman–Crippen LogP) is 3.17. The van der Waals surface area contributed by atoms with E-state index in [0.29, 0.717) is 0 Å². The number of anilines is 1. The Bertz CT molecular complexity index is 941. The van der Waals surface area contributed by atoms with Crippen molar-refractivity contribution >= 4 is 37.7 Å². The molecule has 1 aromatic heterocycles. The highest BCUT2D eigenvalue weighted by molar-refractivity contribution is 9.11. The van der Waals surface area contributed by atoms with Crippen molar-refractivity contribution in [2.75, 3.05) is 5.73 Å². The molecule has 0 saturated carbocycles. The van der Waals surface area contributed by atoms with Gasteiger partial charge in [0.05, 0.1) is 4.47 Å². The molecule has 0 saturated heterocycles. The van der Waals surface area contributed by atoms with Gasteiger partial charge in [0.1, 0.15) is 40.7 Å². The summed E-state index contributed by atoms with van der Waals surface area (Å²) in [5.41, 5.74) is 3.30. The number of pyridine rings is 1. The smallest absolute Gasteiger partial charge is 0.268 e. The van der Waals surface area contributed by atoms with Gasteiger partial charge in [0.2, 0.25) is 0 Å². The molecule has 0 radical (unpaired) electrons. The van der Waals surface area contributed by atoms with Crippen molar-refractivity contribution in [3.8, 4) is 23.3 Å². The summed E-state index contributed by atoms with van der Waals surface area (Å²) in [6.45, 7) is 0. The van der Waals surface area contributed by atoms with Crippen LogP contribution in [0, 0.1) is 34.3 Å². The van der Waals surface area contributed by atoms with Gasteiger partial charge in [-0.1, -0.05) is 0 Å². The maximum absolute atomic E-state index is 14.4. The number of H-pyrrole nitrogens is 1. The molecule has 2 rings (SSSR count). The molecule has 9 heteroatoms. The van der Waals surface area contributed by atoms with Crippen LogP contribution in [0.2, 0.25) is 0 Å². The Morgan fingerprint density at radius 3 is 2.27 bits per heavy atom. The first kappa shape index (κ1) is 16.1. The van der Waals surface area contributed by atoms with Crippen molar-refractivity contribution < 1.29 is 8.78 Å². The minimum absolute atomic E-state index is 0.0660. The molecule has 0 aliphatic carbocycles. The van der Waals surface area contributed by atoms with Gasteiger partial charge in [-0.15, -0.1) is 0 Å². The molecule has 0 fully saturated rings. The SMILES string of the molecule is N#Cc1c(N)[nH]c(=O)c(C#N)c1-c1c(Br)cc(F)c(Br)c1F. The Labute approximate surface area is 139 Å². The number of nitrogens with zero attached hydrogens (tertiary/aromatic N) is 2. The molecule has 3 N–H and O–H groups in total. The van der Waals surface area contributed by atoms with E-state index in [1.165, 1.54) is 0 Å². The lowest BCUT2D eigenvalue weighted by atomic mass is 9.96. The number of benzene rings is 1. The Morgan fingerprint density at radius 2 is 1.73 bits per heavy atom. The second-order valence-corrected chi connectivity index (χ2v) is 5.71. The quantitative estimate of drug-likeness (QED) is 0.536. The summed E-state index contributed by atoms with van der Waals surface area (Å²) in [6, 6.07) is 4.26. The number of nitrogens with one attached hydrogen (secondary N) is 1. The standard InChI is InChI=1S/C13H4Br2F2N4O/c14-6-1-7(16)10(15)11(17)9(6)8-4(2-18)12(20)21-13(22)5(8)3-19/h1H,(H3,20,21,22). The lowest BCUT2D eigenvalue weighted by molar-refractivity contribution is 0.573. The van der Waals surface area contributed by atoms with Gasteiger partial charge >= 0.3 is 0 Å². The van der Waals surface area contributed by atoms with E-state index in [2.05, 4.69) is 36.8 Å². The fourth-order valence-electron chi connectivity index (χ4n) is 1.89. The molecule has 1 aromatic carbocycles. The zero-order valence-corrected chi connectivity index (χ0v) is 13.6. The highest BCUT2D eigenvalue weighted by Gasteiger charge is 2.25. The van der Waals surface area contributed by atoms with Crippen LogP contribution in [0.3, 0.4) is 0 Å². The molecule has 5 nitrogen and oxygen atoms in total. The molecule has 0 atom stereocenters. The Morgan fingerprint density at radius 1 is 1.14 bits per heavy atom. The number of nitriles is 2. The summed E-state index contributed by atoms with van der Waals surface area (Å²) in [7, 11) is 0. The third-order valence-electron chi connectivity index (χ3n) is 2.83. The zero-order chi connectivity index (χ0) is 16.6. The summed E-state index contributed by atoms with van der Waals surface area (Å²) < 4.78 is 27.4. The monoisotopic (exact) mass is 428 g/mol. The van der Waals surface area contributed by atoms with Crippen molar-refractivity contribution in [1.82, 2.24) is 4.98 Å². The second-order valence-electron chi connectivity index (χ2n) is 4.06. The summed E-state index contributed by atoms with van der Waals surface area (Å²) in [5.74, 6) is -2.26. The normalized spacial score (nSPS) is 10.1. The van der Waals surface area contributed by atoms with Gasteiger partial charge in [0.25, 0.3) is 5.56 Å². The molecule has 0 amide bonds. The fraction of sp³-hybridized carbons (Fsp3) is 0. The van der Waals surface area contributed by atoms with Gasteiger partial charge in [-0.25, -0.2) is 8.78 Å². The summed E-state index contributed by atoms with van der Waals surface area (Å²) in [6.07, 6.45) is 0. The lowest BCUT2D eigenvalue weighted by Gasteiger charge is -2.13. The summed E-state index contributed by atoms with van der Waals surface area (Å²) in [4.78, 5) is 14.0. The summed E-state index contributed by atoms with van der Waals surface area (Å²) in [5, 5.41) is 18.3. The average Bonchev–Trinajstić information content (AvgIpc) is 2.45. The molecule has 1 heterocycles. The first-order chi connectivity index (χ1) is 10.3. The largest absolute Gasteiger partial charge is 0.384 e. The minimum Gasteiger partial charge on any atom is -0.384 e. The van der Waals surface area contributed by atoms with Crippen molar-refractivity contribution in [2.24, 2.45) is 0 Å². The van der Waals surface area contributed by atoms with Crippen LogP contribution in [0.4, 0.5) is 14.6 Å². The van der Waals surface area contributed by atoms with Crippen LogP contribution in [0.5, 0.6) is 0 Å². The molecular weight excluding hydrogens is 426 g/mol. The van der Waals surface area contributed by atoms with E-state index in [4.69, 9.17) is 11.0 Å². The molecule has 110 valence electrons. The van der Waals surface area contributed by atoms with Gasteiger partial charge in [-0.3, -0.25) is 4.79 Å². The van der Waals surface area contributed by atoms with Crippen LogP contribution in [-0.2, 0) is 0 Å². The van der Waals surface area contributed by atoms with Crippen LogP contribution in [0.15, 0.2) is 19.8 Å². The van der Waals surface area contributed by atoms with E-state index in [1.54, 1.807) is 12.1 Å². The van der Waals surface area contributed by atoms with Gasteiger partial charge < -0.3 is 10.7 Å². The number of aromatic nitrogens is 1. The number of rotatable bonds is 1. The van der Waals surface area contributed by atoms with Crippen LogP contribution in [0.25, 0.3) is 11.1 Å². The van der Waals surface area contributed by atoms with Crippen molar-refractivity contribution in [1.29, 1.82) is 10.5 Å². The second kappa shape index (κ2) is 5.87. The van der Waals surface area contributed by atoms with Gasteiger partial charge in [0.15, 0.2) is 0 Å². The highest BCUT2D eigenvalue weighted by atomic mass is 79.9. The van der Waals surface area contributed by atoms with Crippen LogP contribution >= 0.6 is 31.9 Å². The molecule has 0 spiro atoms. The summed E-state index contributed by atoms with van der Waals surface area (Å²) >= 11 is 5.71. The molecule has 0 unspecified atom stereocenters. The van der Waals surface area contributed by atoms with E-state index in [-0.39, 0.29) is 27.0 Å². The maximum atomic E-state index is 14.4. The van der Waals surface area contributed by atoms with Crippen molar-refractivity contribution in [3.63, 3.8) is 0 Å². The van der Waals surface area contributed by atoms with Crippen molar-refractivity contribution in [3.05, 3.63) is 48.1 Å². The first-order valence-corrected chi connectivity index (χ1v) is 7.11. The molecule has 0 aliphatic heterocycles. The number of nitrogens with two attached hydrogens (primary N) is 1. The zero-order valence-electron chi connectivity index (χ0n) is 10.5. The van der Waals surface area contributed by atoms with Crippen LogP contribution in [0.1, 0.15) is 11.1 Å². The number of halogens is 4. The van der Waals surface area contributed by atoms with Gasteiger partial charge in [0, 0.05) is 15.6 Å². The van der Waals surface area contributed by atoms with Gasteiger partial charge in [-0.2, -0.15) is 10.5 Å².